The highest BCUT2D eigenvalue weighted by atomic mass is 19.2. The van der Waals surface area contributed by atoms with Gasteiger partial charge in [-0.2, -0.15) is 5.10 Å². The van der Waals surface area contributed by atoms with Crippen molar-refractivity contribution in [3.63, 3.8) is 0 Å². The second kappa shape index (κ2) is 5.09. The van der Waals surface area contributed by atoms with Gasteiger partial charge in [0.15, 0.2) is 17.5 Å². The lowest BCUT2D eigenvalue weighted by Crippen LogP contribution is -1.99. The number of aromatic nitrogens is 2. The van der Waals surface area contributed by atoms with Crippen molar-refractivity contribution in [3.05, 3.63) is 71.8 Å². The van der Waals surface area contributed by atoms with E-state index in [1.807, 2.05) is 31.2 Å². The lowest BCUT2D eigenvalue weighted by molar-refractivity contribution is 0.446. The Morgan fingerprint density at radius 2 is 1.67 bits per heavy atom. The molecule has 2 aromatic carbocycles. The van der Waals surface area contributed by atoms with Crippen LogP contribution in [0.25, 0.3) is 16.8 Å². The average Bonchev–Trinajstić information content (AvgIpc) is 2.94. The van der Waals surface area contributed by atoms with E-state index in [2.05, 4.69) is 5.10 Å². The van der Waals surface area contributed by atoms with Gasteiger partial charge in [0, 0.05) is 23.9 Å². The summed E-state index contributed by atoms with van der Waals surface area (Å²) in [5.41, 5.74) is 2.99. The fourth-order valence-electron chi connectivity index (χ4n) is 2.17. The Morgan fingerprint density at radius 1 is 1.00 bits per heavy atom. The van der Waals surface area contributed by atoms with Gasteiger partial charge in [-0.1, -0.05) is 24.3 Å². The Hall–Kier alpha value is -2.56. The third kappa shape index (κ3) is 2.42. The predicted octanol–water partition coefficient (Wildman–Crippen LogP) is 4.27. The number of hydrogen-bond acceptors (Lipinski definition) is 1. The Balaban J connectivity index is 2.05. The summed E-state index contributed by atoms with van der Waals surface area (Å²) in [6, 6.07) is 9.54. The van der Waals surface area contributed by atoms with Crippen LogP contribution in [0.15, 0.2) is 48.8 Å². The normalized spacial score (nSPS) is 10.9. The molecule has 0 aliphatic carbocycles. The van der Waals surface area contributed by atoms with Crippen molar-refractivity contribution >= 4 is 0 Å². The van der Waals surface area contributed by atoms with E-state index in [9.17, 15) is 13.2 Å². The molecular weight excluding hydrogens is 277 g/mol. The molecule has 2 nitrogen and oxygen atoms in total. The fraction of sp³-hybridized carbons (Fsp3) is 0.0625. The Morgan fingerprint density at radius 3 is 2.33 bits per heavy atom. The molecule has 1 aromatic heterocycles. The second-order valence-corrected chi connectivity index (χ2v) is 4.71. The van der Waals surface area contributed by atoms with Crippen molar-refractivity contribution in [2.45, 2.75) is 6.92 Å². The molecule has 1 heterocycles. The zero-order chi connectivity index (χ0) is 15.0. The molecule has 0 aliphatic heterocycles. The number of benzene rings is 2. The number of rotatable bonds is 2. The Kier molecular flexibility index (Phi) is 3.25. The largest absolute Gasteiger partial charge is 0.240 e. The second-order valence-electron chi connectivity index (χ2n) is 4.71. The smallest absolute Gasteiger partial charge is 0.194 e. The third-order valence-corrected chi connectivity index (χ3v) is 3.27. The predicted molar refractivity (Wildman–Crippen MR) is 73.6 cm³/mol. The first kappa shape index (κ1) is 13.4. The zero-order valence-corrected chi connectivity index (χ0v) is 11.1. The van der Waals surface area contributed by atoms with Crippen molar-refractivity contribution < 1.29 is 13.2 Å². The van der Waals surface area contributed by atoms with Crippen LogP contribution in [0.5, 0.6) is 0 Å². The van der Waals surface area contributed by atoms with E-state index in [-0.39, 0.29) is 5.69 Å². The molecule has 0 saturated carbocycles. The quantitative estimate of drug-likeness (QED) is 0.644. The first-order valence-corrected chi connectivity index (χ1v) is 6.32. The molecule has 0 amide bonds. The lowest BCUT2D eigenvalue weighted by atomic mass is 10.0. The molecule has 0 atom stereocenters. The highest BCUT2D eigenvalue weighted by Crippen LogP contribution is 2.24. The number of nitrogens with zero attached hydrogens (tertiary/aromatic N) is 2. The van der Waals surface area contributed by atoms with E-state index in [0.29, 0.717) is 0 Å². The van der Waals surface area contributed by atoms with Crippen molar-refractivity contribution in [2.75, 3.05) is 0 Å². The van der Waals surface area contributed by atoms with Gasteiger partial charge in [-0.15, -0.1) is 0 Å². The molecule has 5 heteroatoms. The van der Waals surface area contributed by atoms with Crippen molar-refractivity contribution in [3.8, 4) is 16.8 Å². The van der Waals surface area contributed by atoms with Crippen LogP contribution in [0.3, 0.4) is 0 Å². The lowest BCUT2D eigenvalue weighted by Gasteiger charge is -2.04. The summed E-state index contributed by atoms with van der Waals surface area (Å²) in [4.78, 5) is 0. The zero-order valence-electron chi connectivity index (χ0n) is 11.1. The topological polar surface area (TPSA) is 17.8 Å². The van der Waals surface area contributed by atoms with Crippen LogP contribution in [-0.4, -0.2) is 9.78 Å². The molecule has 106 valence electrons. The third-order valence-electron chi connectivity index (χ3n) is 3.27. The molecule has 21 heavy (non-hydrogen) atoms. The van der Waals surface area contributed by atoms with Crippen molar-refractivity contribution in [1.29, 1.82) is 0 Å². The highest BCUT2D eigenvalue weighted by Gasteiger charge is 2.13. The molecule has 0 bridgehead atoms. The van der Waals surface area contributed by atoms with Gasteiger partial charge in [-0.3, -0.25) is 0 Å². The number of aryl methyl sites for hydroxylation is 1. The minimum absolute atomic E-state index is 0.131. The number of halogens is 3. The van der Waals surface area contributed by atoms with Gasteiger partial charge in [0.1, 0.15) is 0 Å². The van der Waals surface area contributed by atoms with Gasteiger partial charge >= 0.3 is 0 Å². The van der Waals surface area contributed by atoms with Gasteiger partial charge in [0.2, 0.25) is 0 Å². The molecule has 3 aromatic rings. The Labute approximate surface area is 119 Å². The van der Waals surface area contributed by atoms with Crippen LogP contribution in [0, 0.1) is 24.4 Å². The summed E-state index contributed by atoms with van der Waals surface area (Å²) in [5, 5.41) is 4.08. The molecule has 0 saturated heterocycles. The molecular formula is C16H11F3N2. The maximum atomic E-state index is 13.3. The fourth-order valence-corrected chi connectivity index (χ4v) is 2.17. The molecule has 3 rings (SSSR count). The summed E-state index contributed by atoms with van der Waals surface area (Å²) >= 11 is 0. The molecule has 0 spiro atoms. The van der Waals surface area contributed by atoms with Crippen LogP contribution in [-0.2, 0) is 0 Å². The standard InChI is InChI=1S/C16H11F3N2/c1-10-4-2-3-5-13(10)11-8-20-21(9-11)12-6-14(17)16(19)15(18)7-12/h2-9H,1H3. The summed E-state index contributed by atoms with van der Waals surface area (Å²) in [6.07, 6.45) is 3.25. The maximum Gasteiger partial charge on any atom is 0.194 e. The minimum atomic E-state index is -1.48. The van der Waals surface area contributed by atoms with Gasteiger partial charge in [0.05, 0.1) is 11.9 Å². The van der Waals surface area contributed by atoms with E-state index in [1.165, 1.54) is 4.68 Å². The summed E-state index contributed by atoms with van der Waals surface area (Å²) in [6.45, 7) is 1.96. The van der Waals surface area contributed by atoms with E-state index >= 15 is 0 Å². The van der Waals surface area contributed by atoms with Crippen LogP contribution in [0.4, 0.5) is 13.2 Å². The van der Waals surface area contributed by atoms with E-state index in [0.717, 1.165) is 28.8 Å². The highest BCUT2D eigenvalue weighted by molar-refractivity contribution is 5.66. The van der Waals surface area contributed by atoms with Gasteiger partial charge in [-0.05, 0) is 18.1 Å². The summed E-state index contributed by atoms with van der Waals surface area (Å²) < 4.78 is 40.8. The first-order chi connectivity index (χ1) is 10.1. The summed E-state index contributed by atoms with van der Waals surface area (Å²) in [7, 11) is 0. The summed E-state index contributed by atoms with van der Waals surface area (Å²) in [5.74, 6) is -3.96. The Bertz CT molecular complexity index is 786. The average molecular weight is 288 g/mol. The van der Waals surface area contributed by atoms with E-state index in [1.54, 1.807) is 12.4 Å². The van der Waals surface area contributed by atoms with Crippen LogP contribution < -0.4 is 0 Å². The monoisotopic (exact) mass is 288 g/mol. The molecule has 0 N–H and O–H groups in total. The minimum Gasteiger partial charge on any atom is -0.240 e. The van der Waals surface area contributed by atoms with Crippen molar-refractivity contribution in [2.24, 2.45) is 0 Å². The van der Waals surface area contributed by atoms with Gasteiger partial charge in [-0.25, -0.2) is 17.9 Å². The van der Waals surface area contributed by atoms with Gasteiger partial charge < -0.3 is 0 Å². The molecule has 0 unspecified atom stereocenters. The maximum absolute atomic E-state index is 13.3. The van der Waals surface area contributed by atoms with Crippen LogP contribution in [0.1, 0.15) is 5.56 Å². The van der Waals surface area contributed by atoms with Crippen molar-refractivity contribution in [1.82, 2.24) is 9.78 Å². The molecule has 0 aliphatic rings. The number of hydrogen-bond donors (Lipinski definition) is 0. The van der Waals surface area contributed by atoms with Crippen LogP contribution in [0.2, 0.25) is 0 Å². The van der Waals surface area contributed by atoms with E-state index in [4.69, 9.17) is 0 Å². The van der Waals surface area contributed by atoms with Crippen LogP contribution >= 0.6 is 0 Å². The molecule has 0 fully saturated rings. The van der Waals surface area contributed by atoms with Gasteiger partial charge in [0.25, 0.3) is 0 Å². The first-order valence-electron chi connectivity index (χ1n) is 6.32. The SMILES string of the molecule is Cc1ccccc1-c1cnn(-c2cc(F)c(F)c(F)c2)c1. The van der Waals surface area contributed by atoms with E-state index < -0.39 is 17.5 Å². The molecule has 0 radical (unpaired) electrons.